The molecule has 0 aromatic carbocycles. The molecule has 2 aromatic heterocycles. The topological polar surface area (TPSA) is 52.8 Å². The molecule has 1 aliphatic carbocycles. The zero-order valence-electron chi connectivity index (χ0n) is 9.91. The Bertz CT molecular complexity index is 558. The summed E-state index contributed by atoms with van der Waals surface area (Å²) in [5.41, 5.74) is 0.754. The van der Waals surface area contributed by atoms with E-state index < -0.39 is 0 Å². The first-order valence-corrected chi connectivity index (χ1v) is 6.14. The van der Waals surface area contributed by atoms with Crippen LogP contribution in [0.15, 0.2) is 30.7 Å². The van der Waals surface area contributed by atoms with Gasteiger partial charge in [0.1, 0.15) is 5.65 Å². The van der Waals surface area contributed by atoms with Crippen LogP contribution < -0.4 is 4.89 Å². The molecule has 0 N–H and O–H groups in total. The molecule has 5 nitrogen and oxygen atoms in total. The van der Waals surface area contributed by atoms with Gasteiger partial charge in [0.25, 0.3) is 0 Å². The van der Waals surface area contributed by atoms with Crippen LogP contribution in [0.2, 0.25) is 0 Å². The molecule has 94 valence electrons. The van der Waals surface area contributed by atoms with Gasteiger partial charge >= 0.3 is 5.97 Å². The fourth-order valence-electron chi connectivity index (χ4n) is 2.26. The van der Waals surface area contributed by atoms with E-state index in [0.29, 0.717) is 5.75 Å². The first kappa shape index (κ1) is 11.1. The van der Waals surface area contributed by atoms with Crippen LogP contribution in [0.3, 0.4) is 0 Å². The Labute approximate surface area is 104 Å². The molecule has 0 unspecified atom stereocenters. The van der Waals surface area contributed by atoms with Crippen molar-refractivity contribution in [2.24, 2.45) is 5.92 Å². The highest BCUT2D eigenvalue weighted by Crippen LogP contribution is 2.26. The minimum absolute atomic E-state index is 0.000145. The molecular formula is C13H14N2O3. The van der Waals surface area contributed by atoms with E-state index >= 15 is 0 Å². The molecule has 0 saturated heterocycles. The van der Waals surface area contributed by atoms with Crippen LogP contribution in [-0.2, 0) is 9.68 Å². The minimum atomic E-state index is -0.268. The summed E-state index contributed by atoms with van der Waals surface area (Å²) in [6.07, 6.45) is 9.34. The SMILES string of the molecule is O=C(OOc1ccn2ccnc2c1)C1CCCC1. The summed E-state index contributed by atoms with van der Waals surface area (Å²) in [7, 11) is 0. The highest BCUT2D eigenvalue weighted by Gasteiger charge is 2.25. The average molecular weight is 246 g/mol. The van der Waals surface area contributed by atoms with Crippen LogP contribution in [0, 0.1) is 5.92 Å². The lowest BCUT2D eigenvalue weighted by atomic mass is 10.1. The van der Waals surface area contributed by atoms with Crippen molar-refractivity contribution in [3.05, 3.63) is 30.7 Å². The predicted octanol–water partition coefficient (Wildman–Crippen LogP) is 2.36. The number of rotatable bonds is 3. The first-order valence-electron chi connectivity index (χ1n) is 6.14. The van der Waals surface area contributed by atoms with Crippen molar-refractivity contribution in [2.45, 2.75) is 25.7 Å². The smallest absolute Gasteiger partial charge is 0.307 e. The van der Waals surface area contributed by atoms with E-state index in [0.717, 1.165) is 31.3 Å². The zero-order valence-corrected chi connectivity index (χ0v) is 9.91. The molecule has 1 fully saturated rings. The number of hydrogen-bond donors (Lipinski definition) is 0. The van der Waals surface area contributed by atoms with Crippen molar-refractivity contribution in [2.75, 3.05) is 0 Å². The van der Waals surface area contributed by atoms with Crippen molar-refractivity contribution in [1.82, 2.24) is 9.38 Å². The normalized spacial score (nSPS) is 16.0. The summed E-state index contributed by atoms with van der Waals surface area (Å²) in [6.45, 7) is 0. The Hall–Kier alpha value is -2.04. The number of carbonyl (C=O) groups excluding carboxylic acids is 1. The maximum Gasteiger partial charge on any atom is 0.358 e. The molecule has 0 aliphatic heterocycles. The summed E-state index contributed by atoms with van der Waals surface area (Å²) in [5.74, 6) is 0.218. The Morgan fingerprint density at radius 2 is 2.17 bits per heavy atom. The number of pyridine rings is 1. The van der Waals surface area contributed by atoms with Crippen LogP contribution >= 0.6 is 0 Å². The summed E-state index contributed by atoms with van der Waals surface area (Å²) in [4.78, 5) is 25.7. The molecule has 0 amide bonds. The lowest BCUT2D eigenvalue weighted by Gasteiger charge is -2.08. The van der Waals surface area contributed by atoms with Gasteiger partial charge in [-0.15, -0.1) is 0 Å². The number of nitrogens with zero attached hydrogens (tertiary/aromatic N) is 2. The molecule has 0 bridgehead atoms. The van der Waals surface area contributed by atoms with E-state index in [4.69, 9.17) is 9.78 Å². The van der Waals surface area contributed by atoms with Gasteiger partial charge in [0.05, 0.1) is 5.92 Å². The summed E-state index contributed by atoms with van der Waals surface area (Å²) >= 11 is 0. The maximum absolute atomic E-state index is 11.7. The van der Waals surface area contributed by atoms with Crippen molar-refractivity contribution >= 4 is 11.6 Å². The van der Waals surface area contributed by atoms with E-state index in [1.165, 1.54) is 0 Å². The quantitative estimate of drug-likeness (QED) is 0.616. The molecule has 3 rings (SSSR count). The predicted molar refractivity (Wildman–Crippen MR) is 63.9 cm³/mol. The molecular weight excluding hydrogens is 232 g/mol. The monoisotopic (exact) mass is 246 g/mol. The van der Waals surface area contributed by atoms with Gasteiger partial charge in [-0.3, -0.25) is 9.78 Å². The highest BCUT2D eigenvalue weighted by molar-refractivity contribution is 5.72. The van der Waals surface area contributed by atoms with Crippen molar-refractivity contribution in [1.29, 1.82) is 0 Å². The molecule has 0 spiro atoms. The molecule has 18 heavy (non-hydrogen) atoms. The van der Waals surface area contributed by atoms with Gasteiger partial charge in [-0.05, 0) is 12.8 Å². The molecule has 2 aromatic rings. The van der Waals surface area contributed by atoms with Gasteiger partial charge in [0, 0.05) is 30.7 Å². The van der Waals surface area contributed by atoms with Crippen LogP contribution in [0.5, 0.6) is 5.75 Å². The standard InChI is InChI=1S/C13H14N2O3/c16-13(10-3-1-2-4-10)18-17-11-5-7-15-8-6-14-12(15)9-11/h5-10H,1-4H2. The molecule has 1 saturated carbocycles. The summed E-state index contributed by atoms with van der Waals surface area (Å²) in [6, 6.07) is 3.46. The fourth-order valence-corrected chi connectivity index (χ4v) is 2.26. The summed E-state index contributed by atoms with van der Waals surface area (Å²) < 4.78 is 1.85. The van der Waals surface area contributed by atoms with Crippen LogP contribution in [0.1, 0.15) is 25.7 Å². The Morgan fingerprint density at radius 3 is 3.00 bits per heavy atom. The Morgan fingerprint density at radius 1 is 1.33 bits per heavy atom. The minimum Gasteiger partial charge on any atom is -0.307 e. The lowest BCUT2D eigenvalue weighted by Crippen LogP contribution is -2.16. The molecule has 0 atom stereocenters. The first-order chi connectivity index (χ1) is 8.83. The third-order valence-electron chi connectivity index (χ3n) is 3.28. The second-order valence-electron chi connectivity index (χ2n) is 4.52. The third kappa shape index (κ3) is 2.16. The van der Waals surface area contributed by atoms with E-state index in [2.05, 4.69) is 4.98 Å². The van der Waals surface area contributed by atoms with Crippen LogP contribution in [0.4, 0.5) is 0 Å². The maximum atomic E-state index is 11.7. The molecule has 0 radical (unpaired) electrons. The number of hydrogen-bond acceptors (Lipinski definition) is 4. The molecule has 1 aliphatic rings. The van der Waals surface area contributed by atoms with Gasteiger partial charge in [0.2, 0.25) is 0 Å². The fraction of sp³-hybridized carbons (Fsp3) is 0.385. The molecule has 2 heterocycles. The Kier molecular flexibility index (Phi) is 2.88. The Balaban J connectivity index is 1.63. The van der Waals surface area contributed by atoms with E-state index in [9.17, 15) is 4.79 Å². The van der Waals surface area contributed by atoms with Gasteiger partial charge in [0.15, 0.2) is 5.75 Å². The number of imidazole rings is 1. The van der Waals surface area contributed by atoms with E-state index in [1.807, 2.05) is 10.6 Å². The van der Waals surface area contributed by atoms with Crippen LogP contribution in [0.25, 0.3) is 5.65 Å². The summed E-state index contributed by atoms with van der Waals surface area (Å²) in [5, 5.41) is 0. The van der Waals surface area contributed by atoms with Crippen molar-refractivity contribution < 1.29 is 14.6 Å². The highest BCUT2D eigenvalue weighted by atomic mass is 17.2. The van der Waals surface area contributed by atoms with Gasteiger partial charge in [-0.25, -0.2) is 9.78 Å². The van der Waals surface area contributed by atoms with Crippen molar-refractivity contribution in [3.8, 4) is 5.75 Å². The van der Waals surface area contributed by atoms with Crippen molar-refractivity contribution in [3.63, 3.8) is 0 Å². The van der Waals surface area contributed by atoms with Gasteiger partial charge < -0.3 is 4.40 Å². The van der Waals surface area contributed by atoms with Gasteiger partial charge in [-0.2, -0.15) is 0 Å². The largest absolute Gasteiger partial charge is 0.358 e. The lowest BCUT2D eigenvalue weighted by molar-refractivity contribution is -0.218. The van der Waals surface area contributed by atoms with E-state index in [-0.39, 0.29) is 11.9 Å². The second kappa shape index (κ2) is 4.68. The van der Waals surface area contributed by atoms with Crippen LogP contribution in [-0.4, -0.2) is 15.4 Å². The third-order valence-corrected chi connectivity index (χ3v) is 3.28. The number of carbonyl (C=O) groups is 1. The number of fused-ring (bicyclic) bond motifs is 1. The zero-order chi connectivity index (χ0) is 12.4. The molecule has 5 heteroatoms. The van der Waals surface area contributed by atoms with Gasteiger partial charge in [-0.1, -0.05) is 12.8 Å². The number of aromatic nitrogens is 2. The van der Waals surface area contributed by atoms with E-state index in [1.54, 1.807) is 24.5 Å². The average Bonchev–Trinajstić information content (AvgIpc) is 3.05. The second-order valence-corrected chi connectivity index (χ2v) is 4.52.